The van der Waals surface area contributed by atoms with Crippen LogP contribution in [0.1, 0.15) is 30.6 Å². The molecule has 0 saturated carbocycles. The lowest BCUT2D eigenvalue weighted by atomic mass is 10.1. The Labute approximate surface area is 127 Å². The summed E-state index contributed by atoms with van der Waals surface area (Å²) in [6.45, 7) is 3.30. The molecule has 1 atom stereocenters. The van der Waals surface area contributed by atoms with Gasteiger partial charge in [0.25, 0.3) is 0 Å². The first-order valence-electron chi connectivity index (χ1n) is 7.01. The minimum absolute atomic E-state index is 0.0288. The lowest BCUT2D eigenvalue weighted by Crippen LogP contribution is -2.38. The first-order valence-corrected chi connectivity index (χ1v) is 7.01. The van der Waals surface area contributed by atoms with Crippen LogP contribution in [-0.2, 0) is 16.1 Å². The van der Waals surface area contributed by atoms with Crippen LogP contribution in [-0.4, -0.2) is 33.4 Å². The van der Waals surface area contributed by atoms with Crippen LogP contribution in [0.25, 0.3) is 10.9 Å². The molecule has 2 rings (SSSR count). The van der Waals surface area contributed by atoms with Crippen LogP contribution in [0.15, 0.2) is 30.5 Å². The third-order valence-electron chi connectivity index (χ3n) is 3.50. The second-order valence-electron chi connectivity index (χ2n) is 5.19. The number of para-hydroxylation sites is 1. The molecule has 0 radical (unpaired) electrons. The zero-order valence-electron chi connectivity index (χ0n) is 12.5. The van der Waals surface area contributed by atoms with Crippen LogP contribution in [0.3, 0.4) is 0 Å². The molecule has 0 saturated heterocycles. The number of aliphatic carboxylic acids is 1. The van der Waals surface area contributed by atoms with Gasteiger partial charge in [-0.05, 0) is 19.9 Å². The number of hydrogen-bond donors (Lipinski definition) is 2. The Bertz CT molecular complexity index is 733. The molecule has 22 heavy (non-hydrogen) atoms. The van der Waals surface area contributed by atoms with E-state index in [-0.39, 0.29) is 18.1 Å². The highest BCUT2D eigenvalue weighted by Crippen LogP contribution is 2.22. The number of hydrogen-bond acceptors (Lipinski definition) is 3. The number of carbonyl (C=O) groups excluding carboxylic acids is 2. The standard InChI is InChI=1S/C16H18N2O4/c1-10(16(21)22)17-15(20)7-8-18-9-13(11(2)19)12-5-3-4-6-14(12)18/h3-6,9-10H,7-8H2,1-2H3,(H,17,20)(H,21,22). The molecular weight excluding hydrogens is 284 g/mol. The van der Waals surface area contributed by atoms with Crippen molar-refractivity contribution in [3.05, 3.63) is 36.0 Å². The number of amides is 1. The number of carboxylic acids is 1. The largest absolute Gasteiger partial charge is 0.480 e. The minimum atomic E-state index is -1.07. The zero-order valence-corrected chi connectivity index (χ0v) is 12.5. The van der Waals surface area contributed by atoms with E-state index in [9.17, 15) is 14.4 Å². The van der Waals surface area contributed by atoms with E-state index in [2.05, 4.69) is 5.32 Å². The van der Waals surface area contributed by atoms with E-state index >= 15 is 0 Å². The smallest absolute Gasteiger partial charge is 0.325 e. The first kappa shape index (κ1) is 15.8. The van der Waals surface area contributed by atoms with Crippen molar-refractivity contribution in [1.29, 1.82) is 0 Å². The van der Waals surface area contributed by atoms with Gasteiger partial charge >= 0.3 is 5.97 Å². The third kappa shape index (κ3) is 3.33. The van der Waals surface area contributed by atoms with Gasteiger partial charge in [0, 0.05) is 35.6 Å². The molecule has 0 fully saturated rings. The van der Waals surface area contributed by atoms with E-state index in [1.807, 2.05) is 28.8 Å². The number of ketones is 1. The first-order chi connectivity index (χ1) is 10.4. The second-order valence-corrected chi connectivity index (χ2v) is 5.19. The van der Waals surface area contributed by atoms with Crippen LogP contribution in [0, 0.1) is 0 Å². The molecule has 6 heteroatoms. The van der Waals surface area contributed by atoms with Crippen LogP contribution >= 0.6 is 0 Å². The van der Waals surface area contributed by atoms with Crippen molar-refractivity contribution in [2.75, 3.05) is 0 Å². The monoisotopic (exact) mass is 302 g/mol. The Balaban J connectivity index is 2.14. The third-order valence-corrected chi connectivity index (χ3v) is 3.50. The molecular formula is C16H18N2O4. The number of carbonyl (C=O) groups is 3. The van der Waals surface area contributed by atoms with E-state index in [1.165, 1.54) is 13.8 Å². The van der Waals surface area contributed by atoms with Crippen molar-refractivity contribution in [2.24, 2.45) is 0 Å². The molecule has 6 nitrogen and oxygen atoms in total. The van der Waals surface area contributed by atoms with Gasteiger partial charge in [-0.2, -0.15) is 0 Å². The Morgan fingerprint density at radius 1 is 1.27 bits per heavy atom. The van der Waals surface area contributed by atoms with Gasteiger partial charge in [0.15, 0.2) is 5.78 Å². The number of aryl methyl sites for hydroxylation is 1. The summed E-state index contributed by atoms with van der Waals surface area (Å²) in [5.74, 6) is -1.44. The molecule has 0 aliphatic carbocycles. The summed E-state index contributed by atoms with van der Waals surface area (Å²) in [6, 6.07) is 6.58. The van der Waals surface area contributed by atoms with E-state index in [4.69, 9.17) is 5.11 Å². The second kappa shape index (κ2) is 6.43. The quantitative estimate of drug-likeness (QED) is 0.797. The fourth-order valence-electron chi connectivity index (χ4n) is 2.31. The van der Waals surface area contributed by atoms with E-state index in [0.29, 0.717) is 12.1 Å². The Hall–Kier alpha value is -2.63. The van der Waals surface area contributed by atoms with Crippen LogP contribution in [0.2, 0.25) is 0 Å². The molecule has 1 aromatic carbocycles. The molecule has 0 spiro atoms. The average Bonchev–Trinajstić information content (AvgIpc) is 2.84. The number of Topliss-reactive ketones (excluding diaryl/α,β-unsaturated/α-hetero) is 1. The summed E-state index contributed by atoms with van der Waals surface area (Å²) in [7, 11) is 0. The van der Waals surface area contributed by atoms with Gasteiger partial charge in [-0.3, -0.25) is 14.4 Å². The summed E-state index contributed by atoms with van der Waals surface area (Å²) in [5.41, 5.74) is 1.50. The molecule has 0 aliphatic heterocycles. The summed E-state index contributed by atoms with van der Waals surface area (Å²) in [5, 5.41) is 12.0. The molecule has 116 valence electrons. The number of fused-ring (bicyclic) bond motifs is 1. The van der Waals surface area contributed by atoms with Crippen molar-refractivity contribution in [3.8, 4) is 0 Å². The van der Waals surface area contributed by atoms with Gasteiger partial charge in [-0.25, -0.2) is 0 Å². The SMILES string of the molecule is CC(=O)c1cn(CCC(=O)NC(C)C(=O)O)c2ccccc12. The molecule has 2 aromatic rings. The van der Waals surface area contributed by atoms with Crippen LogP contribution in [0.4, 0.5) is 0 Å². The molecule has 1 heterocycles. The van der Waals surface area contributed by atoms with Crippen molar-refractivity contribution in [3.63, 3.8) is 0 Å². The summed E-state index contributed by atoms with van der Waals surface area (Å²) < 4.78 is 1.84. The van der Waals surface area contributed by atoms with E-state index in [1.54, 1.807) is 6.20 Å². The molecule has 1 aromatic heterocycles. The van der Waals surface area contributed by atoms with E-state index in [0.717, 1.165) is 10.9 Å². The number of nitrogens with zero attached hydrogens (tertiary/aromatic N) is 1. The number of benzene rings is 1. The van der Waals surface area contributed by atoms with Crippen LogP contribution < -0.4 is 5.32 Å². The van der Waals surface area contributed by atoms with Crippen molar-refractivity contribution >= 4 is 28.6 Å². The molecule has 1 unspecified atom stereocenters. The fourth-order valence-corrected chi connectivity index (χ4v) is 2.31. The van der Waals surface area contributed by atoms with Gasteiger partial charge in [0.05, 0.1) is 0 Å². The van der Waals surface area contributed by atoms with Gasteiger partial charge in [0.1, 0.15) is 6.04 Å². The molecule has 1 amide bonds. The lowest BCUT2D eigenvalue weighted by Gasteiger charge is -2.10. The average molecular weight is 302 g/mol. The highest BCUT2D eigenvalue weighted by molar-refractivity contribution is 6.07. The summed E-state index contributed by atoms with van der Waals surface area (Å²) >= 11 is 0. The Kier molecular flexibility index (Phi) is 4.60. The molecule has 0 aliphatic rings. The van der Waals surface area contributed by atoms with Crippen molar-refractivity contribution in [1.82, 2.24) is 9.88 Å². The fraction of sp³-hybridized carbons (Fsp3) is 0.312. The maximum absolute atomic E-state index is 11.8. The normalized spacial score (nSPS) is 12.1. The summed E-state index contributed by atoms with van der Waals surface area (Å²) in [4.78, 5) is 34.1. The highest BCUT2D eigenvalue weighted by Gasteiger charge is 2.15. The predicted molar refractivity (Wildman–Crippen MR) is 81.8 cm³/mol. The number of nitrogens with one attached hydrogen (secondary N) is 1. The highest BCUT2D eigenvalue weighted by atomic mass is 16.4. The van der Waals surface area contributed by atoms with E-state index < -0.39 is 12.0 Å². The minimum Gasteiger partial charge on any atom is -0.480 e. The predicted octanol–water partition coefficient (Wildman–Crippen LogP) is 1.82. The van der Waals surface area contributed by atoms with Crippen molar-refractivity contribution in [2.45, 2.75) is 32.9 Å². The number of rotatable bonds is 6. The van der Waals surface area contributed by atoms with Gasteiger partial charge < -0.3 is 15.0 Å². The van der Waals surface area contributed by atoms with Crippen LogP contribution in [0.5, 0.6) is 0 Å². The Morgan fingerprint density at radius 3 is 2.59 bits per heavy atom. The molecule has 0 bridgehead atoms. The van der Waals surface area contributed by atoms with Gasteiger partial charge in [-0.15, -0.1) is 0 Å². The lowest BCUT2D eigenvalue weighted by molar-refractivity contribution is -0.141. The summed E-state index contributed by atoms with van der Waals surface area (Å²) in [6.07, 6.45) is 1.88. The number of aromatic nitrogens is 1. The van der Waals surface area contributed by atoms with Gasteiger partial charge in [-0.1, -0.05) is 18.2 Å². The van der Waals surface area contributed by atoms with Gasteiger partial charge in [0.2, 0.25) is 5.91 Å². The topological polar surface area (TPSA) is 88.4 Å². The maximum atomic E-state index is 11.8. The van der Waals surface area contributed by atoms with Crippen molar-refractivity contribution < 1.29 is 19.5 Å². The zero-order chi connectivity index (χ0) is 16.3. The Morgan fingerprint density at radius 2 is 1.95 bits per heavy atom. The number of carboxylic acid groups (broad SMARTS) is 1. The molecule has 2 N–H and O–H groups in total. The maximum Gasteiger partial charge on any atom is 0.325 e.